The molecule has 2 atom stereocenters. The predicted molar refractivity (Wildman–Crippen MR) is 93.7 cm³/mol. The van der Waals surface area contributed by atoms with Crippen LogP contribution < -0.4 is 16.4 Å². The lowest BCUT2D eigenvalue weighted by Crippen LogP contribution is -2.30. The van der Waals surface area contributed by atoms with Gasteiger partial charge in [0.2, 0.25) is 5.91 Å². The van der Waals surface area contributed by atoms with E-state index in [0.29, 0.717) is 30.8 Å². The highest BCUT2D eigenvalue weighted by atomic mass is 19.1. The Bertz CT molecular complexity index is 841. The molecule has 5 nitrogen and oxygen atoms in total. The number of nitrogens with one attached hydrogen (secondary N) is 2. The molecule has 2 amide bonds. The van der Waals surface area contributed by atoms with Gasteiger partial charge in [0.25, 0.3) is 5.91 Å². The van der Waals surface area contributed by atoms with Gasteiger partial charge in [-0.25, -0.2) is 8.78 Å². The minimum atomic E-state index is -0.533. The van der Waals surface area contributed by atoms with E-state index in [4.69, 9.17) is 5.73 Å². The molecule has 26 heavy (non-hydrogen) atoms. The van der Waals surface area contributed by atoms with Gasteiger partial charge in [-0.3, -0.25) is 9.59 Å². The van der Waals surface area contributed by atoms with Crippen molar-refractivity contribution in [2.75, 3.05) is 18.4 Å². The average Bonchev–Trinajstić information content (AvgIpc) is 3.43. The molecule has 4 N–H and O–H groups in total. The van der Waals surface area contributed by atoms with Crippen LogP contribution in [-0.4, -0.2) is 24.9 Å². The second kappa shape index (κ2) is 7.61. The minimum absolute atomic E-state index is 0.208. The number of amides is 2. The number of benzene rings is 2. The van der Waals surface area contributed by atoms with Gasteiger partial charge >= 0.3 is 0 Å². The molecule has 3 rings (SSSR count). The number of carbonyl (C=O) groups excluding carboxylic acids is 2. The summed E-state index contributed by atoms with van der Waals surface area (Å²) in [5.41, 5.74) is 6.28. The highest BCUT2D eigenvalue weighted by Gasteiger charge is 2.45. The van der Waals surface area contributed by atoms with Crippen LogP contribution in [0, 0.1) is 17.6 Å². The van der Waals surface area contributed by atoms with Gasteiger partial charge in [-0.15, -0.1) is 0 Å². The number of nitrogens with two attached hydrogens (primary N) is 1. The molecule has 1 aliphatic carbocycles. The van der Waals surface area contributed by atoms with Crippen molar-refractivity contribution in [3.63, 3.8) is 0 Å². The van der Waals surface area contributed by atoms with Crippen LogP contribution >= 0.6 is 0 Å². The normalized spacial score (nSPS) is 18.3. The summed E-state index contributed by atoms with van der Waals surface area (Å²) in [6, 6.07) is 9.84. The Morgan fingerprint density at radius 2 is 1.92 bits per heavy atom. The minimum Gasteiger partial charge on any atom is -0.351 e. The fourth-order valence-corrected chi connectivity index (χ4v) is 2.92. The first-order chi connectivity index (χ1) is 12.5. The third kappa shape index (κ3) is 3.88. The Kier molecular flexibility index (Phi) is 5.27. The Morgan fingerprint density at radius 3 is 2.69 bits per heavy atom. The van der Waals surface area contributed by atoms with Gasteiger partial charge in [0.15, 0.2) is 0 Å². The van der Waals surface area contributed by atoms with Crippen molar-refractivity contribution < 1.29 is 18.4 Å². The molecule has 2 aromatic rings. The van der Waals surface area contributed by atoms with Crippen LogP contribution in [0.2, 0.25) is 0 Å². The van der Waals surface area contributed by atoms with Gasteiger partial charge in [-0.05, 0) is 48.2 Å². The fourth-order valence-electron chi connectivity index (χ4n) is 2.92. The highest BCUT2D eigenvalue weighted by Crippen LogP contribution is 2.49. The third-order valence-electron chi connectivity index (χ3n) is 4.34. The van der Waals surface area contributed by atoms with Crippen LogP contribution in [0.3, 0.4) is 0 Å². The lowest BCUT2D eigenvalue weighted by molar-refractivity contribution is -0.117. The lowest BCUT2D eigenvalue weighted by Gasteiger charge is -2.11. The number of hydrogen-bond acceptors (Lipinski definition) is 3. The van der Waals surface area contributed by atoms with Crippen LogP contribution in [0.1, 0.15) is 28.3 Å². The number of anilines is 1. The summed E-state index contributed by atoms with van der Waals surface area (Å²) in [7, 11) is 0. The van der Waals surface area contributed by atoms with E-state index < -0.39 is 17.6 Å². The van der Waals surface area contributed by atoms with E-state index in [1.165, 1.54) is 0 Å². The Morgan fingerprint density at radius 1 is 1.15 bits per heavy atom. The Balaban J connectivity index is 1.70. The first kappa shape index (κ1) is 18.0. The van der Waals surface area contributed by atoms with Crippen LogP contribution in [0.15, 0.2) is 42.5 Å². The molecule has 2 aromatic carbocycles. The molecule has 0 aromatic heterocycles. The second-order valence-corrected chi connectivity index (χ2v) is 6.19. The first-order valence-electron chi connectivity index (χ1n) is 8.34. The largest absolute Gasteiger partial charge is 0.351 e. The smallest absolute Gasteiger partial charge is 0.253 e. The van der Waals surface area contributed by atoms with Gasteiger partial charge in [0, 0.05) is 19.0 Å². The Hall–Kier alpha value is -2.80. The zero-order valence-electron chi connectivity index (χ0n) is 14.0. The molecule has 2 unspecified atom stereocenters. The van der Waals surface area contributed by atoms with Gasteiger partial charge in [-0.2, -0.15) is 0 Å². The van der Waals surface area contributed by atoms with E-state index in [9.17, 15) is 18.4 Å². The predicted octanol–water partition coefficient (Wildman–Crippen LogP) is 2.40. The van der Waals surface area contributed by atoms with E-state index in [1.54, 1.807) is 24.3 Å². The summed E-state index contributed by atoms with van der Waals surface area (Å²) in [6.07, 6.45) is 0.438. The SMILES string of the molecule is NCCNC(=O)c1ccccc1NC(=O)C1CC1c1cc(F)ccc1F. The first-order valence-corrected chi connectivity index (χ1v) is 8.34. The third-order valence-corrected chi connectivity index (χ3v) is 4.34. The fraction of sp³-hybridized carbons (Fsp3) is 0.263. The van der Waals surface area contributed by atoms with Crippen molar-refractivity contribution >= 4 is 17.5 Å². The summed E-state index contributed by atoms with van der Waals surface area (Å²) in [5.74, 6) is -2.52. The molecule has 1 fully saturated rings. The summed E-state index contributed by atoms with van der Waals surface area (Å²) < 4.78 is 27.2. The van der Waals surface area contributed by atoms with Gasteiger partial charge in [0.1, 0.15) is 11.6 Å². The van der Waals surface area contributed by atoms with Crippen molar-refractivity contribution in [3.05, 3.63) is 65.2 Å². The van der Waals surface area contributed by atoms with Crippen LogP contribution in [0.25, 0.3) is 0 Å². The molecule has 0 aliphatic heterocycles. The monoisotopic (exact) mass is 359 g/mol. The number of halogens is 2. The zero-order chi connectivity index (χ0) is 18.7. The maximum atomic E-state index is 13.9. The molecule has 0 spiro atoms. The van der Waals surface area contributed by atoms with Crippen molar-refractivity contribution in [1.82, 2.24) is 5.32 Å². The Labute approximate surface area is 149 Å². The van der Waals surface area contributed by atoms with E-state index in [1.807, 2.05) is 0 Å². The molecule has 0 saturated heterocycles. The molecular formula is C19H19F2N3O2. The van der Waals surface area contributed by atoms with Crippen molar-refractivity contribution in [1.29, 1.82) is 0 Å². The van der Waals surface area contributed by atoms with E-state index in [0.717, 1.165) is 18.2 Å². The molecular weight excluding hydrogens is 340 g/mol. The van der Waals surface area contributed by atoms with Crippen molar-refractivity contribution in [3.8, 4) is 0 Å². The van der Waals surface area contributed by atoms with E-state index in [2.05, 4.69) is 10.6 Å². The van der Waals surface area contributed by atoms with Crippen LogP contribution in [-0.2, 0) is 4.79 Å². The summed E-state index contributed by atoms with van der Waals surface area (Å²) in [6.45, 7) is 0.633. The quantitative estimate of drug-likeness (QED) is 0.740. The van der Waals surface area contributed by atoms with Gasteiger partial charge in [-0.1, -0.05) is 12.1 Å². The lowest BCUT2D eigenvalue weighted by atomic mass is 10.1. The second-order valence-electron chi connectivity index (χ2n) is 6.19. The van der Waals surface area contributed by atoms with Crippen LogP contribution in [0.5, 0.6) is 0 Å². The van der Waals surface area contributed by atoms with Crippen molar-refractivity contribution in [2.45, 2.75) is 12.3 Å². The number of carbonyl (C=O) groups is 2. The van der Waals surface area contributed by atoms with Crippen molar-refractivity contribution in [2.24, 2.45) is 11.7 Å². The standard InChI is InChI=1S/C19H19F2N3O2/c20-11-5-6-16(21)14(9-11)13-10-15(13)19(26)24-17-4-2-1-3-12(17)18(25)23-8-7-22/h1-6,9,13,15H,7-8,10,22H2,(H,23,25)(H,24,26). The molecule has 1 aliphatic rings. The summed E-state index contributed by atoms with van der Waals surface area (Å²) in [4.78, 5) is 24.6. The zero-order valence-corrected chi connectivity index (χ0v) is 14.0. The maximum Gasteiger partial charge on any atom is 0.253 e. The number of rotatable bonds is 6. The summed E-state index contributed by atoms with van der Waals surface area (Å²) in [5, 5.41) is 5.37. The van der Waals surface area contributed by atoms with Crippen LogP contribution in [0.4, 0.5) is 14.5 Å². The number of para-hydroxylation sites is 1. The molecule has 1 saturated carbocycles. The maximum absolute atomic E-state index is 13.9. The highest BCUT2D eigenvalue weighted by molar-refractivity contribution is 6.04. The van der Waals surface area contributed by atoms with E-state index in [-0.39, 0.29) is 23.3 Å². The molecule has 7 heteroatoms. The molecule has 0 bridgehead atoms. The molecule has 0 radical (unpaired) electrons. The summed E-state index contributed by atoms with van der Waals surface area (Å²) >= 11 is 0. The van der Waals surface area contributed by atoms with Gasteiger partial charge in [0.05, 0.1) is 11.3 Å². The average molecular weight is 359 g/mol. The molecule has 0 heterocycles. The topological polar surface area (TPSA) is 84.2 Å². The van der Waals surface area contributed by atoms with Gasteiger partial charge < -0.3 is 16.4 Å². The van der Waals surface area contributed by atoms with E-state index >= 15 is 0 Å². The number of hydrogen-bond donors (Lipinski definition) is 3. The molecule has 136 valence electrons.